The minimum Gasteiger partial charge on any atom is -0.469 e. The highest BCUT2D eigenvalue weighted by Crippen LogP contribution is 2.40. The Hall–Kier alpha value is -1.08. The summed E-state index contributed by atoms with van der Waals surface area (Å²) >= 11 is 1.83. The number of hydrogen-bond donors (Lipinski definition) is 1. The molecule has 0 spiro atoms. The van der Waals surface area contributed by atoms with Gasteiger partial charge >= 0.3 is 5.97 Å². The van der Waals surface area contributed by atoms with Gasteiger partial charge in [-0.05, 0) is 74.7 Å². The Morgan fingerprint density at radius 1 is 1.10 bits per heavy atom. The van der Waals surface area contributed by atoms with Crippen molar-refractivity contribution < 1.29 is 33.6 Å². The zero-order valence-electron chi connectivity index (χ0n) is 24.9. The van der Waals surface area contributed by atoms with Crippen molar-refractivity contribution in [2.75, 3.05) is 31.8 Å². The molecule has 2 heterocycles. The first-order valence-corrected chi connectivity index (χ1v) is 16.7. The van der Waals surface area contributed by atoms with Crippen molar-refractivity contribution in [1.29, 1.82) is 0 Å². The molecule has 0 aromatic rings. The summed E-state index contributed by atoms with van der Waals surface area (Å²) in [6.45, 7) is 5.74. The number of rotatable bonds is 15. The molecule has 0 aromatic heterocycles. The summed E-state index contributed by atoms with van der Waals surface area (Å²) < 4.78 is 29.6. The maximum atomic E-state index is 11.4. The lowest BCUT2D eigenvalue weighted by molar-refractivity contribution is -0.193. The van der Waals surface area contributed by atoms with Crippen LogP contribution >= 0.6 is 11.8 Å². The Balaban J connectivity index is 1.68. The van der Waals surface area contributed by atoms with E-state index in [9.17, 15) is 9.90 Å². The number of aliphatic hydroxyl groups excluding tert-OH is 1. The third-order valence-corrected chi connectivity index (χ3v) is 9.21. The number of methoxy groups -OCH3 is 1. The van der Waals surface area contributed by atoms with Crippen LogP contribution < -0.4 is 0 Å². The molecular formula is C32H52O7S. The van der Waals surface area contributed by atoms with E-state index in [0.29, 0.717) is 12.8 Å². The SMILES string of the molecule is CCC#CC[C@H](C)C(/C=C/[C@@H]1[C@@H](CCSCCCC(=O)OC)[C@@H](O)C[C@H]1OC1CCCCO1)OC1CCCCO1. The molecule has 3 aliphatic rings. The van der Waals surface area contributed by atoms with Gasteiger partial charge in [0.25, 0.3) is 0 Å². The van der Waals surface area contributed by atoms with E-state index < -0.39 is 6.10 Å². The maximum absolute atomic E-state index is 11.4. The number of thioether (sulfide) groups is 1. The van der Waals surface area contributed by atoms with Crippen LogP contribution in [-0.4, -0.2) is 73.8 Å². The molecule has 228 valence electrons. The van der Waals surface area contributed by atoms with Crippen LogP contribution in [0.1, 0.15) is 90.9 Å². The van der Waals surface area contributed by atoms with Crippen LogP contribution in [0.15, 0.2) is 12.2 Å². The second kappa shape index (κ2) is 19.2. The third kappa shape index (κ3) is 11.7. The molecule has 0 aromatic carbocycles. The highest BCUT2D eigenvalue weighted by atomic mass is 32.2. The van der Waals surface area contributed by atoms with Gasteiger partial charge in [0, 0.05) is 44.8 Å². The predicted molar refractivity (Wildman–Crippen MR) is 159 cm³/mol. The summed E-state index contributed by atoms with van der Waals surface area (Å²) in [7, 11) is 1.43. The zero-order chi connectivity index (χ0) is 28.6. The molecule has 7 nitrogen and oxygen atoms in total. The third-order valence-electron chi connectivity index (χ3n) is 8.11. The Bertz CT molecular complexity index is 797. The van der Waals surface area contributed by atoms with Gasteiger partial charge < -0.3 is 28.8 Å². The average Bonchev–Trinajstić information content (AvgIpc) is 3.26. The monoisotopic (exact) mass is 580 g/mol. The maximum Gasteiger partial charge on any atom is 0.305 e. The highest BCUT2D eigenvalue weighted by molar-refractivity contribution is 7.99. The van der Waals surface area contributed by atoms with Gasteiger partial charge in [-0.3, -0.25) is 4.79 Å². The molecule has 40 heavy (non-hydrogen) atoms. The molecule has 8 atom stereocenters. The van der Waals surface area contributed by atoms with Crippen molar-refractivity contribution in [1.82, 2.24) is 0 Å². The van der Waals surface area contributed by atoms with E-state index in [1.807, 2.05) is 11.8 Å². The van der Waals surface area contributed by atoms with Gasteiger partial charge in [-0.25, -0.2) is 0 Å². The first kappa shape index (κ1) is 33.4. The number of aliphatic hydroxyl groups is 1. The van der Waals surface area contributed by atoms with Gasteiger partial charge in [0.1, 0.15) is 0 Å². The van der Waals surface area contributed by atoms with E-state index >= 15 is 0 Å². The largest absolute Gasteiger partial charge is 0.469 e. The van der Waals surface area contributed by atoms with E-state index in [4.69, 9.17) is 23.7 Å². The molecule has 3 unspecified atom stereocenters. The lowest BCUT2D eigenvalue weighted by Gasteiger charge is -2.31. The standard InChI is InChI=1S/C32H52O7S/c1-4-5-6-12-24(2)28(38-31-14-7-9-19-36-31)17-16-26-25(18-22-40-21-11-13-30(34)35-3)27(33)23-29(26)39-32-15-8-10-20-37-32/h16-17,24-29,31-33H,4,7-15,18-23H2,1-3H3/b17-16+/t24-,25+,26+,27-,28?,29+,31?,32?/m0/s1. The molecule has 0 bridgehead atoms. The summed E-state index contributed by atoms with van der Waals surface area (Å²) in [5.74, 6) is 8.55. The number of carbonyl (C=O) groups excluding carboxylic acids is 1. The second-order valence-corrected chi connectivity index (χ2v) is 12.5. The summed E-state index contributed by atoms with van der Waals surface area (Å²) in [5.41, 5.74) is 0. The number of esters is 1. The number of carbonyl (C=O) groups is 1. The normalized spacial score (nSPS) is 30.5. The molecule has 1 N–H and O–H groups in total. The van der Waals surface area contributed by atoms with Crippen LogP contribution in [0.4, 0.5) is 0 Å². The number of hydrogen-bond acceptors (Lipinski definition) is 8. The number of ether oxygens (including phenoxy) is 5. The second-order valence-electron chi connectivity index (χ2n) is 11.3. The van der Waals surface area contributed by atoms with Crippen LogP contribution in [0.5, 0.6) is 0 Å². The molecule has 0 amide bonds. The minimum atomic E-state index is -0.423. The van der Waals surface area contributed by atoms with Gasteiger partial charge in [0.2, 0.25) is 0 Å². The van der Waals surface area contributed by atoms with Gasteiger partial charge in [-0.1, -0.05) is 26.0 Å². The van der Waals surface area contributed by atoms with Crippen LogP contribution in [-0.2, 0) is 28.5 Å². The molecule has 3 rings (SSSR count). The Morgan fingerprint density at radius 3 is 2.52 bits per heavy atom. The van der Waals surface area contributed by atoms with Crippen LogP contribution in [0, 0.1) is 29.6 Å². The van der Waals surface area contributed by atoms with Crippen LogP contribution in [0.3, 0.4) is 0 Å². The fourth-order valence-corrected chi connectivity index (χ4v) is 6.72. The molecule has 8 heteroatoms. The summed E-state index contributed by atoms with van der Waals surface area (Å²) in [4.78, 5) is 11.4. The van der Waals surface area contributed by atoms with E-state index in [1.54, 1.807) is 0 Å². The smallest absolute Gasteiger partial charge is 0.305 e. The first-order chi connectivity index (χ1) is 19.5. The van der Waals surface area contributed by atoms with Gasteiger partial charge in [0.05, 0.1) is 25.4 Å². The Labute approximate surface area is 246 Å². The zero-order valence-corrected chi connectivity index (χ0v) is 25.7. The Morgan fingerprint density at radius 2 is 1.85 bits per heavy atom. The van der Waals surface area contributed by atoms with Crippen molar-refractivity contribution in [3.05, 3.63) is 12.2 Å². The van der Waals surface area contributed by atoms with Crippen LogP contribution in [0.25, 0.3) is 0 Å². The topological polar surface area (TPSA) is 83.5 Å². The average molecular weight is 581 g/mol. The van der Waals surface area contributed by atoms with Gasteiger partial charge in [-0.15, -0.1) is 11.8 Å². The Kier molecular flexibility index (Phi) is 16.0. The van der Waals surface area contributed by atoms with E-state index in [0.717, 1.165) is 88.9 Å². The van der Waals surface area contributed by atoms with E-state index in [1.165, 1.54) is 7.11 Å². The van der Waals surface area contributed by atoms with E-state index in [-0.39, 0.29) is 48.5 Å². The lowest BCUT2D eigenvalue weighted by atomic mass is 9.89. The highest BCUT2D eigenvalue weighted by Gasteiger charge is 2.43. The summed E-state index contributed by atoms with van der Waals surface area (Å²) in [6, 6.07) is 0. The van der Waals surface area contributed by atoms with Gasteiger partial charge in [-0.2, -0.15) is 11.8 Å². The van der Waals surface area contributed by atoms with Crippen molar-refractivity contribution in [2.45, 2.75) is 122 Å². The molecule has 2 aliphatic heterocycles. The molecular weight excluding hydrogens is 528 g/mol. The van der Waals surface area contributed by atoms with E-state index in [2.05, 4.69) is 37.8 Å². The molecule has 3 fully saturated rings. The van der Waals surface area contributed by atoms with Crippen molar-refractivity contribution in [3.8, 4) is 11.8 Å². The fraction of sp³-hybridized carbons (Fsp3) is 0.844. The van der Waals surface area contributed by atoms with Crippen molar-refractivity contribution in [3.63, 3.8) is 0 Å². The predicted octanol–water partition coefficient (Wildman–Crippen LogP) is 5.88. The van der Waals surface area contributed by atoms with Crippen LogP contribution in [0.2, 0.25) is 0 Å². The molecule has 2 saturated heterocycles. The molecule has 0 radical (unpaired) electrons. The minimum absolute atomic E-state index is 0.0727. The quantitative estimate of drug-likeness (QED) is 0.111. The summed E-state index contributed by atoms with van der Waals surface area (Å²) in [6.07, 6.45) is 14.0. The fourth-order valence-electron chi connectivity index (χ4n) is 5.73. The summed E-state index contributed by atoms with van der Waals surface area (Å²) in [5, 5.41) is 11.2. The first-order valence-electron chi connectivity index (χ1n) is 15.5. The lowest BCUT2D eigenvalue weighted by Crippen LogP contribution is -2.32. The van der Waals surface area contributed by atoms with Crippen molar-refractivity contribution >= 4 is 17.7 Å². The molecule has 1 saturated carbocycles. The van der Waals surface area contributed by atoms with Crippen molar-refractivity contribution in [2.24, 2.45) is 17.8 Å². The van der Waals surface area contributed by atoms with Gasteiger partial charge in [0.15, 0.2) is 12.6 Å². The molecule has 1 aliphatic carbocycles.